The molecule has 0 bridgehead atoms. The molecule has 0 atom stereocenters. The van der Waals surface area contributed by atoms with Gasteiger partial charge in [0.2, 0.25) is 0 Å². The Morgan fingerprint density at radius 1 is 1.19 bits per heavy atom. The van der Waals surface area contributed by atoms with Crippen LogP contribution >= 0.6 is 11.6 Å². The minimum atomic E-state index is 0.128. The van der Waals surface area contributed by atoms with E-state index in [0.29, 0.717) is 6.04 Å². The first-order valence-corrected chi connectivity index (χ1v) is 11.0. The molecule has 2 aliphatic rings. The van der Waals surface area contributed by atoms with E-state index in [1.165, 1.54) is 37.7 Å². The zero-order valence-corrected chi connectivity index (χ0v) is 17.8. The summed E-state index contributed by atoms with van der Waals surface area (Å²) < 4.78 is 5.56. The molecule has 0 unspecified atom stereocenters. The molecule has 0 aromatic heterocycles. The van der Waals surface area contributed by atoms with Crippen LogP contribution in [0.15, 0.2) is 36.4 Å². The van der Waals surface area contributed by atoms with Gasteiger partial charge in [0, 0.05) is 36.2 Å². The lowest BCUT2D eigenvalue weighted by Crippen LogP contribution is -2.53. The summed E-state index contributed by atoms with van der Waals surface area (Å²) >= 11 is 6.20. The number of halogens is 1. The number of benzene rings is 1. The first-order chi connectivity index (χ1) is 13.2. The van der Waals surface area contributed by atoms with Crippen LogP contribution < -0.4 is 0 Å². The molecule has 0 spiro atoms. The largest absolute Gasteiger partial charge is 0.379 e. The Bertz CT molecular complexity index is 587. The third-order valence-electron chi connectivity index (χ3n) is 6.39. The molecule has 1 aliphatic heterocycles. The molecule has 4 heteroatoms. The second kappa shape index (κ2) is 10.1. The van der Waals surface area contributed by atoms with Gasteiger partial charge in [-0.15, -0.1) is 0 Å². The molecule has 150 valence electrons. The number of hydrogen-bond acceptors (Lipinski definition) is 3. The average molecular weight is 391 g/mol. The second-order valence-electron chi connectivity index (χ2n) is 7.93. The summed E-state index contributed by atoms with van der Waals surface area (Å²) in [6, 6.07) is 9.35. The summed E-state index contributed by atoms with van der Waals surface area (Å²) in [7, 11) is 0. The van der Waals surface area contributed by atoms with E-state index in [4.69, 9.17) is 16.3 Å². The molecule has 1 aromatic carbocycles. The van der Waals surface area contributed by atoms with Gasteiger partial charge in [-0.1, -0.05) is 42.8 Å². The van der Waals surface area contributed by atoms with E-state index in [9.17, 15) is 0 Å². The van der Waals surface area contributed by atoms with Crippen molar-refractivity contribution in [2.24, 2.45) is 0 Å². The third kappa shape index (κ3) is 4.95. The number of allylic oxidation sites excluding steroid dienone is 1. The smallest absolute Gasteiger partial charge is 0.0594 e. The monoisotopic (exact) mass is 390 g/mol. The van der Waals surface area contributed by atoms with E-state index in [-0.39, 0.29) is 5.54 Å². The molecule has 3 nitrogen and oxygen atoms in total. The molecule has 0 N–H and O–H groups in total. The van der Waals surface area contributed by atoms with Crippen molar-refractivity contribution in [1.82, 2.24) is 9.80 Å². The number of morpholine rings is 1. The van der Waals surface area contributed by atoms with Crippen molar-refractivity contribution >= 4 is 11.6 Å². The van der Waals surface area contributed by atoms with Gasteiger partial charge in [-0.3, -0.25) is 9.80 Å². The Balaban J connectivity index is 1.83. The SMILES string of the molecule is CC=CCN(CCC)C1(c2ccc(Cl)cc2)CCC(N2CCOCC2)CC1. The van der Waals surface area contributed by atoms with Crippen molar-refractivity contribution in [3.63, 3.8) is 0 Å². The van der Waals surface area contributed by atoms with Crippen LogP contribution in [0.3, 0.4) is 0 Å². The topological polar surface area (TPSA) is 15.7 Å². The summed E-state index contributed by atoms with van der Waals surface area (Å²) in [4.78, 5) is 5.37. The summed E-state index contributed by atoms with van der Waals surface area (Å²) in [6.45, 7) is 10.5. The van der Waals surface area contributed by atoms with Crippen molar-refractivity contribution in [2.45, 2.75) is 57.5 Å². The second-order valence-corrected chi connectivity index (χ2v) is 8.37. The predicted molar refractivity (Wildman–Crippen MR) is 114 cm³/mol. The Kier molecular flexibility index (Phi) is 7.77. The van der Waals surface area contributed by atoms with E-state index in [0.717, 1.165) is 44.4 Å². The van der Waals surface area contributed by atoms with Crippen LogP contribution in [0.2, 0.25) is 5.02 Å². The summed E-state index contributed by atoms with van der Waals surface area (Å²) in [5.74, 6) is 0. The van der Waals surface area contributed by atoms with Gasteiger partial charge in [-0.2, -0.15) is 0 Å². The minimum Gasteiger partial charge on any atom is -0.379 e. The van der Waals surface area contributed by atoms with Crippen LogP contribution in [-0.2, 0) is 10.3 Å². The highest BCUT2D eigenvalue weighted by atomic mass is 35.5. The van der Waals surface area contributed by atoms with E-state index in [2.05, 4.69) is 60.1 Å². The first kappa shape index (κ1) is 20.9. The summed E-state index contributed by atoms with van der Waals surface area (Å²) in [6.07, 6.45) is 10.6. The molecule has 1 aliphatic carbocycles. The van der Waals surface area contributed by atoms with Gasteiger partial charge < -0.3 is 4.74 Å². The Labute approximate surface area is 170 Å². The lowest BCUT2D eigenvalue weighted by Gasteiger charge is -2.50. The quantitative estimate of drug-likeness (QED) is 0.602. The van der Waals surface area contributed by atoms with Gasteiger partial charge >= 0.3 is 0 Å². The first-order valence-electron chi connectivity index (χ1n) is 10.6. The highest BCUT2D eigenvalue weighted by Gasteiger charge is 2.42. The molecular weight excluding hydrogens is 356 g/mol. The van der Waals surface area contributed by atoms with Gasteiger partial charge in [-0.05, 0) is 63.3 Å². The van der Waals surface area contributed by atoms with E-state index >= 15 is 0 Å². The minimum absolute atomic E-state index is 0.128. The van der Waals surface area contributed by atoms with E-state index < -0.39 is 0 Å². The maximum absolute atomic E-state index is 6.20. The Morgan fingerprint density at radius 2 is 1.85 bits per heavy atom. The highest BCUT2D eigenvalue weighted by molar-refractivity contribution is 6.30. The lowest BCUT2D eigenvalue weighted by atomic mass is 9.73. The zero-order valence-electron chi connectivity index (χ0n) is 17.0. The van der Waals surface area contributed by atoms with Crippen LogP contribution in [-0.4, -0.2) is 55.2 Å². The highest BCUT2D eigenvalue weighted by Crippen LogP contribution is 2.44. The fraction of sp³-hybridized carbons (Fsp3) is 0.652. The molecule has 0 radical (unpaired) electrons. The third-order valence-corrected chi connectivity index (χ3v) is 6.64. The molecule has 0 amide bonds. The number of ether oxygens (including phenoxy) is 1. The number of hydrogen-bond donors (Lipinski definition) is 0. The van der Waals surface area contributed by atoms with Crippen molar-refractivity contribution < 1.29 is 4.74 Å². The van der Waals surface area contributed by atoms with Gasteiger partial charge in [0.25, 0.3) is 0 Å². The molecule has 3 rings (SSSR count). The van der Waals surface area contributed by atoms with Gasteiger partial charge in [0.1, 0.15) is 0 Å². The molecular formula is C23H35ClN2O. The van der Waals surface area contributed by atoms with Crippen LogP contribution in [0, 0.1) is 0 Å². The van der Waals surface area contributed by atoms with Crippen LogP contribution in [0.1, 0.15) is 51.5 Å². The Hall–Kier alpha value is -0.870. The predicted octanol–water partition coefficient (Wildman–Crippen LogP) is 5.10. The fourth-order valence-electron chi connectivity index (χ4n) is 4.92. The Morgan fingerprint density at radius 3 is 2.44 bits per heavy atom. The van der Waals surface area contributed by atoms with Crippen molar-refractivity contribution in [3.8, 4) is 0 Å². The molecule has 2 fully saturated rings. The average Bonchev–Trinajstić information content (AvgIpc) is 2.72. The normalized spacial score (nSPS) is 27.5. The number of nitrogens with zero attached hydrogens (tertiary/aromatic N) is 2. The molecule has 1 saturated carbocycles. The standard InChI is InChI=1S/C23H35ClN2O/c1-3-5-15-26(14-4-2)23(20-6-8-21(24)9-7-20)12-10-22(11-13-23)25-16-18-27-19-17-25/h3,5-9,22H,4,10-19H2,1-2H3. The lowest BCUT2D eigenvalue weighted by molar-refractivity contribution is -0.0186. The van der Waals surface area contributed by atoms with Crippen molar-refractivity contribution in [3.05, 3.63) is 47.0 Å². The van der Waals surface area contributed by atoms with Crippen LogP contribution in [0.4, 0.5) is 0 Å². The molecule has 1 aromatic rings. The summed E-state index contributed by atoms with van der Waals surface area (Å²) in [5.41, 5.74) is 1.56. The van der Waals surface area contributed by atoms with Crippen molar-refractivity contribution in [1.29, 1.82) is 0 Å². The number of rotatable bonds is 7. The van der Waals surface area contributed by atoms with Crippen molar-refractivity contribution in [2.75, 3.05) is 39.4 Å². The summed E-state index contributed by atoms with van der Waals surface area (Å²) in [5, 5.41) is 0.825. The van der Waals surface area contributed by atoms with Gasteiger partial charge in [-0.25, -0.2) is 0 Å². The molecule has 1 saturated heterocycles. The zero-order chi connectivity index (χ0) is 19.1. The maximum Gasteiger partial charge on any atom is 0.0594 e. The van der Waals surface area contributed by atoms with E-state index in [1.54, 1.807) is 0 Å². The fourth-order valence-corrected chi connectivity index (χ4v) is 5.04. The van der Waals surface area contributed by atoms with E-state index in [1.807, 2.05) is 0 Å². The van der Waals surface area contributed by atoms with Crippen LogP contribution in [0.25, 0.3) is 0 Å². The molecule has 1 heterocycles. The maximum atomic E-state index is 6.20. The molecule has 27 heavy (non-hydrogen) atoms. The van der Waals surface area contributed by atoms with Gasteiger partial charge in [0.05, 0.1) is 13.2 Å². The van der Waals surface area contributed by atoms with Gasteiger partial charge in [0.15, 0.2) is 0 Å². The van der Waals surface area contributed by atoms with Crippen LogP contribution in [0.5, 0.6) is 0 Å².